The van der Waals surface area contributed by atoms with E-state index in [0.717, 1.165) is 16.5 Å². The molecule has 8 heteroatoms. The van der Waals surface area contributed by atoms with Crippen molar-refractivity contribution in [3.05, 3.63) is 71.1 Å². The number of benzene rings is 2. The van der Waals surface area contributed by atoms with E-state index in [4.69, 9.17) is 11.6 Å². The fourth-order valence-corrected chi connectivity index (χ4v) is 3.74. The van der Waals surface area contributed by atoms with Crippen molar-refractivity contribution >= 4 is 45.2 Å². The van der Waals surface area contributed by atoms with Crippen molar-refractivity contribution in [2.75, 3.05) is 0 Å². The number of nitrogens with one attached hydrogen (secondary N) is 2. The molecule has 2 aromatic carbocycles. The summed E-state index contributed by atoms with van der Waals surface area (Å²) in [7, 11) is 0. The van der Waals surface area contributed by atoms with Crippen molar-refractivity contribution in [1.82, 2.24) is 15.3 Å². The van der Waals surface area contributed by atoms with Gasteiger partial charge in [0.15, 0.2) is 11.4 Å². The molecule has 2 heterocycles. The van der Waals surface area contributed by atoms with Gasteiger partial charge in [0.05, 0.1) is 0 Å². The summed E-state index contributed by atoms with van der Waals surface area (Å²) in [5.41, 5.74) is 1.61. The number of carbonyl (C=O) groups excluding carboxylic acids is 1. The minimum Gasteiger partial charge on any atom is -0.505 e. The molecule has 0 saturated heterocycles. The van der Waals surface area contributed by atoms with E-state index in [0.29, 0.717) is 17.2 Å². The van der Waals surface area contributed by atoms with Crippen LogP contribution in [0.5, 0.6) is 5.75 Å². The van der Waals surface area contributed by atoms with Crippen LogP contribution in [-0.2, 0) is 11.2 Å². The maximum atomic E-state index is 12.7. The fourth-order valence-electron chi connectivity index (χ4n) is 3.49. The van der Waals surface area contributed by atoms with Gasteiger partial charge in [-0.15, -0.1) is 0 Å². The molecule has 0 aliphatic heterocycles. The smallest absolute Gasteiger partial charge is 0.326 e. The summed E-state index contributed by atoms with van der Waals surface area (Å²) in [6.45, 7) is 0. The Labute approximate surface area is 176 Å². The van der Waals surface area contributed by atoms with Gasteiger partial charge in [0.2, 0.25) is 0 Å². The van der Waals surface area contributed by atoms with E-state index in [2.05, 4.69) is 15.3 Å². The molecule has 1 atom stereocenters. The summed E-state index contributed by atoms with van der Waals surface area (Å²) in [5.74, 6) is -2.31. The number of para-hydroxylation sites is 1. The van der Waals surface area contributed by atoms with Gasteiger partial charge in [-0.1, -0.05) is 54.1 Å². The second-order valence-corrected chi connectivity index (χ2v) is 7.27. The first kappa shape index (κ1) is 19.7. The summed E-state index contributed by atoms with van der Waals surface area (Å²) in [4.78, 5) is 31.5. The molecule has 0 saturated carbocycles. The van der Waals surface area contributed by atoms with Gasteiger partial charge in [-0.25, -0.2) is 9.78 Å². The summed E-state index contributed by atoms with van der Waals surface area (Å²) >= 11 is 6.14. The van der Waals surface area contributed by atoms with Crippen LogP contribution in [0.15, 0.2) is 54.7 Å². The van der Waals surface area contributed by atoms with Crippen LogP contribution in [0.3, 0.4) is 0 Å². The van der Waals surface area contributed by atoms with Crippen LogP contribution in [0.1, 0.15) is 22.5 Å². The molecule has 0 aliphatic carbocycles. The molecule has 0 spiro atoms. The van der Waals surface area contributed by atoms with Crippen LogP contribution in [-0.4, -0.2) is 38.1 Å². The zero-order chi connectivity index (χ0) is 21.3. The molecule has 152 valence electrons. The lowest BCUT2D eigenvalue weighted by Crippen LogP contribution is -2.41. The Bertz CT molecular complexity index is 1270. The van der Waals surface area contributed by atoms with Crippen LogP contribution in [0, 0.1) is 0 Å². The van der Waals surface area contributed by atoms with Gasteiger partial charge in [0, 0.05) is 27.9 Å². The third kappa shape index (κ3) is 3.67. The van der Waals surface area contributed by atoms with Gasteiger partial charge in [-0.2, -0.15) is 0 Å². The highest BCUT2D eigenvalue weighted by molar-refractivity contribution is 6.34. The Morgan fingerprint density at radius 2 is 1.73 bits per heavy atom. The number of aliphatic carboxylic acids is 1. The summed E-state index contributed by atoms with van der Waals surface area (Å²) < 4.78 is 0. The lowest BCUT2D eigenvalue weighted by atomic mass is 10.0. The maximum Gasteiger partial charge on any atom is 0.326 e. The quantitative estimate of drug-likeness (QED) is 0.351. The molecule has 7 nitrogen and oxygen atoms in total. The first-order valence-corrected chi connectivity index (χ1v) is 9.69. The van der Waals surface area contributed by atoms with Crippen LogP contribution in [0.2, 0.25) is 5.15 Å². The number of aromatic amines is 1. The standard InChI is InChI=1S/C22H18ClN3O4/c23-20-15-7-2-1-6-14(15)19(27)18(26-20)21(28)25-17(22(29)30)10-9-12-11-24-16-8-4-3-5-13(12)16/h1-8,11,17,24,27H,9-10H2,(H,25,28)(H,29,30)/t17-/m0/s1. The Balaban J connectivity index is 1.55. The molecule has 4 rings (SSSR count). The van der Waals surface area contributed by atoms with Crippen LogP contribution < -0.4 is 5.32 Å². The highest BCUT2D eigenvalue weighted by Crippen LogP contribution is 2.31. The Hall–Kier alpha value is -3.58. The van der Waals surface area contributed by atoms with E-state index in [1.54, 1.807) is 24.3 Å². The Morgan fingerprint density at radius 1 is 1.07 bits per heavy atom. The minimum atomic E-state index is -1.17. The van der Waals surface area contributed by atoms with Gasteiger partial charge in [0.25, 0.3) is 5.91 Å². The average molecular weight is 424 g/mol. The number of H-pyrrole nitrogens is 1. The number of hydrogen-bond donors (Lipinski definition) is 4. The molecule has 4 aromatic rings. The SMILES string of the molecule is O=C(N[C@@H](CCc1c[nH]c2ccccc12)C(=O)O)c1nc(Cl)c2ccccc2c1O. The van der Waals surface area contributed by atoms with E-state index >= 15 is 0 Å². The van der Waals surface area contributed by atoms with Crippen molar-refractivity contribution in [2.45, 2.75) is 18.9 Å². The number of carbonyl (C=O) groups is 2. The molecule has 0 aliphatic rings. The van der Waals surface area contributed by atoms with Crippen molar-refractivity contribution in [3.8, 4) is 5.75 Å². The van der Waals surface area contributed by atoms with E-state index < -0.39 is 17.9 Å². The Kier molecular flexibility index (Phi) is 5.29. The molecular weight excluding hydrogens is 406 g/mol. The largest absolute Gasteiger partial charge is 0.505 e. The lowest BCUT2D eigenvalue weighted by Gasteiger charge is -2.15. The normalized spacial score (nSPS) is 12.2. The lowest BCUT2D eigenvalue weighted by molar-refractivity contribution is -0.139. The molecule has 1 amide bonds. The number of aromatic hydroxyl groups is 1. The number of nitrogens with zero attached hydrogens (tertiary/aromatic N) is 1. The molecule has 4 N–H and O–H groups in total. The van der Waals surface area contributed by atoms with E-state index in [1.165, 1.54) is 0 Å². The van der Waals surface area contributed by atoms with Gasteiger partial charge >= 0.3 is 5.97 Å². The number of carboxylic acids is 1. The van der Waals surface area contributed by atoms with Gasteiger partial charge < -0.3 is 20.5 Å². The summed E-state index contributed by atoms with van der Waals surface area (Å²) in [5, 5.41) is 24.4. The topological polar surface area (TPSA) is 115 Å². The molecule has 0 unspecified atom stereocenters. The summed E-state index contributed by atoms with van der Waals surface area (Å²) in [6.07, 6.45) is 2.45. The van der Waals surface area contributed by atoms with Crippen LogP contribution >= 0.6 is 11.6 Å². The summed E-state index contributed by atoms with van der Waals surface area (Å²) in [6, 6.07) is 13.3. The highest BCUT2D eigenvalue weighted by Gasteiger charge is 2.25. The van der Waals surface area contributed by atoms with E-state index in [-0.39, 0.29) is 23.0 Å². The third-order valence-corrected chi connectivity index (χ3v) is 5.32. The van der Waals surface area contributed by atoms with Gasteiger partial charge in [-0.3, -0.25) is 4.79 Å². The van der Waals surface area contributed by atoms with E-state index in [9.17, 15) is 19.8 Å². The van der Waals surface area contributed by atoms with Gasteiger partial charge in [-0.05, 0) is 24.5 Å². The number of hydrogen-bond acceptors (Lipinski definition) is 4. The predicted octanol–water partition coefficient (Wildman–Crippen LogP) is 3.89. The number of aryl methyl sites for hydroxylation is 1. The van der Waals surface area contributed by atoms with Crippen molar-refractivity contribution < 1.29 is 19.8 Å². The zero-order valence-electron chi connectivity index (χ0n) is 15.7. The number of aromatic nitrogens is 2. The zero-order valence-corrected chi connectivity index (χ0v) is 16.5. The second-order valence-electron chi connectivity index (χ2n) is 6.91. The molecular formula is C22H18ClN3O4. The predicted molar refractivity (Wildman–Crippen MR) is 114 cm³/mol. The molecule has 2 aromatic heterocycles. The first-order valence-electron chi connectivity index (χ1n) is 9.31. The average Bonchev–Trinajstić information content (AvgIpc) is 3.16. The molecule has 0 radical (unpaired) electrons. The number of pyridine rings is 1. The first-order chi connectivity index (χ1) is 14.5. The van der Waals surface area contributed by atoms with Crippen molar-refractivity contribution in [2.24, 2.45) is 0 Å². The van der Waals surface area contributed by atoms with Crippen molar-refractivity contribution in [1.29, 1.82) is 0 Å². The maximum absolute atomic E-state index is 12.7. The second kappa shape index (κ2) is 8.04. The number of carboxylic acid groups (broad SMARTS) is 1. The Morgan fingerprint density at radius 3 is 2.47 bits per heavy atom. The number of halogens is 1. The van der Waals surface area contributed by atoms with Crippen LogP contribution in [0.4, 0.5) is 0 Å². The monoisotopic (exact) mass is 423 g/mol. The fraction of sp³-hybridized carbons (Fsp3) is 0.136. The molecule has 30 heavy (non-hydrogen) atoms. The molecule has 0 bridgehead atoms. The number of rotatable bonds is 6. The third-order valence-electron chi connectivity index (χ3n) is 5.03. The highest BCUT2D eigenvalue weighted by atomic mass is 35.5. The van der Waals surface area contributed by atoms with E-state index in [1.807, 2.05) is 30.5 Å². The number of amides is 1. The van der Waals surface area contributed by atoms with Crippen LogP contribution in [0.25, 0.3) is 21.7 Å². The molecule has 0 fully saturated rings. The number of fused-ring (bicyclic) bond motifs is 2. The van der Waals surface area contributed by atoms with Gasteiger partial charge in [0.1, 0.15) is 11.2 Å². The van der Waals surface area contributed by atoms with Crippen molar-refractivity contribution in [3.63, 3.8) is 0 Å². The minimum absolute atomic E-state index is 0.0548.